The van der Waals surface area contributed by atoms with Crippen molar-refractivity contribution in [3.05, 3.63) is 65.2 Å². The van der Waals surface area contributed by atoms with Crippen LogP contribution in [0.25, 0.3) is 11.4 Å². The Morgan fingerprint density at radius 1 is 1.12 bits per heavy atom. The maximum Gasteiger partial charge on any atom is 0.230 e. The van der Waals surface area contributed by atoms with Crippen molar-refractivity contribution < 1.29 is 4.79 Å². The molecule has 0 saturated heterocycles. The highest BCUT2D eigenvalue weighted by atomic mass is 35.5. The van der Waals surface area contributed by atoms with Crippen LogP contribution in [0.2, 0.25) is 5.02 Å². The van der Waals surface area contributed by atoms with Gasteiger partial charge >= 0.3 is 0 Å². The topological polar surface area (TPSA) is 59.8 Å². The minimum atomic E-state index is 0.0672. The van der Waals surface area contributed by atoms with Crippen molar-refractivity contribution in [3.63, 3.8) is 0 Å². The van der Waals surface area contributed by atoms with E-state index < -0.39 is 0 Å². The number of benzene rings is 2. The number of fused-ring (bicyclic) bond motifs is 2. The van der Waals surface area contributed by atoms with Crippen LogP contribution in [-0.4, -0.2) is 32.5 Å². The minimum absolute atomic E-state index is 0.0672. The van der Waals surface area contributed by atoms with Crippen molar-refractivity contribution in [2.24, 2.45) is 17.8 Å². The summed E-state index contributed by atoms with van der Waals surface area (Å²) in [7, 11) is 0. The lowest BCUT2D eigenvalue weighted by molar-refractivity contribution is -0.119. The van der Waals surface area contributed by atoms with Gasteiger partial charge in [0, 0.05) is 16.6 Å². The van der Waals surface area contributed by atoms with Gasteiger partial charge < -0.3 is 5.32 Å². The Kier molecular flexibility index (Phi) is 6.74. The number of hydrogen-bond donors (Lipinski definition) is 1. The molecule has 5 rings (SSSR count). The third kappa shape index (κ3) is 5.12. The maximum atomic E-state index is 12.8. The van der Waals surface area contributed by atoms with E-state index >= 15 is 0 Å². The van der Waals surface area contributed by atoms with Gasteiger partial charge in [-0.05, 0) is 73.8 Å². The lowest BCUT2D eigenvalue weighted by Gasteiger charge is -2.28. The van der Waals surface area contributed by atoms with Gasteiger partial charge in [0.2, 0.25) is 5.91 Å². The van der Waals surface area contributed by atoms with Crippen molar-refractivity contribution >= 4 is 29.3 Å². The fourth-order valence-corrected chi connectivity index (χ4v) is 6.43. The predicted octanol–water partition coefficient (Wildman–Crippen LogP) is 5.68. The third-order valence-corrected chi connectivity index (χ3v) is 8.38. The number of nitrogens with zero attached hydrogens (tertiary/aromatic N) is 3. The summed E-state index contributed by atoms with van der Waals surface area (Å²) in [6.45, 7) is 2.81. The standard InChI is InChI=1S/C26H29ClN4OS/c1-17(23-14-19-7-8-21(23)13-19)28-24(32)16-33-26-30-29-25(20-9-11-22(27)12-10-20)31(26)15-18-5-3-2-4-6-18/h2-6,9-12,17,19,21,23H,7-8,13-16H2,1H3,(H,28,32)/t17-,19+,21+,23+/m1/s1. The van der Waals surface area contributed by atoms with Crippen LogP contribution >= 0.6 is 23.4 Å². The monoisotopic (exact) mass is 480 g/mol. The van der Waals surface area contributed by atoms with Gasteiger partial charge in [0.1, 0.15) is 0 Å². The summed E-state index contributed by atoms with van der Waals surface area (Å²) < 4.78 is 2.08. The highest BCUT2D eigenvalue weighted by molar-refractivity contribution is 7.99. The number of carbonyl (C=O) groups is 1. The molecule has 0 radical (unpaired) electrons. The molecule has 0 spiro atoms. The number of rotatable bonds is 8. The van der Waals surface area contributed by atoms with Crippen LogP contribution in [0.5, 0.6) is 0 Å². The average Bonchev–Trinajstić information content (AvgIpc) is 3.55. The molecule has 2 bridgehead atoms. The predicted molar refractivity (Wildman–Crippen MR) is 133 cm³/mol. The molecule has 3 aromatic rings. The van der Waals surface area contributed by atoms with Crippen LogP contribution in [0, 0.1) is 17.8 Å². The van der Waals surface area contributed by atoms with E-state index in [-0.39, 0.29) is 11.9 Å². The van der Waals surface area contributed by atoms with Crippen LogP contribution in [0.1, 0.15) is 38.2 Å². The average molecular weight is 481 g/mol. The molecular formula is C26H29ClN4OS. The zero-order chi connectivity index (χ0) is 22.8. The van der Waals surface area contributed by atoms with Crippen LogP contribution in [0.15, 0.2) is 59.8 Å². The molecule has 1 N–H and O–H groups in total. The minimum Gasteiger partial charge on any atom is -0.353 e. The summed E-state index contributed by atoms with van der Waals surface area (Å²) in [6.07, 6.45) is 5.34. The quantitative estimate of drug-likeness (QED) is 0.421. The number of hydrogen-bond acceptors (Lipinski definition) is 4. The number of amides is 1. The SMILES string of the molecule is C[C@@H](NC(=O)CSc1nnc(-c2ccc(Cl)cc2)n1Cc1ccccc1)[C@@H]1C[C@H]2CC[C@H]1C2. The molecule has 2 fully saturated rings. The third-order valence-electron chi connectivity index (χ3n) is 7.16. The number of halogens is 1. The fourth-order valence-electron chi connectivity index (χ4n) is 5.56. The van der Waals surface area contributed by atoms with Gasteiger partial charge in [-0.1, -0.05) is 60.1 Å². The molecule has 1 heterocycles. The van der Waals surface area contributed by atoms with E-state index in [1.807, 2.05) is 42.5 Å². The molecule has 0 aliphatic heterocycles. The molecule has 172 valence electrons. The Bertz CT molecular complexity index is 1100. The Labute approximate surface area is 204 Å². The first-order valence-electron chi connectivity index (χ1n) is 11.7. The summed E-state index contributed by atoms with van der Waals surface area (Å²) in [5.74, 6) is 3.49. The number of carbonyl (C=O) groups excluding carboxylic acids is 1. The normalized spacial score (nSPS) is 22.4. The smallest absolute Gasteiger partial charge is 0.230 e. The molecule has 5 nitrogen and oxygen atoms in total. The van der Waals surface area contributed by atoms with E-state index in [4.69, 9.17) is 11.6 Å². The van der Waals surface area contributed by atoms with Crippen LogP contribution in [0.4, 0.5) is 0 Å². The molecule has 7 heteroatoms. The van der Waals surface area contributed by atoms with E-state index in [1.54, 1.807) is 0 Å². The van der Waals surface area contributed by atoms with E-state index in [9.17, 15) is 4.79 Å². The Morgan fingerprint density at radius 2 is 1.91 bits per heavy atom. The van der Waals surface area contributed by atoms with Gasteiger partial charge in [-0.15, -0.1) is 10.2 Å². The maximum absolute atomic E-state index is 12.8. The number of thioether (sulfide) groups is 1. The molecule has 2 aromatic carbocycles. The molecule has 33 heavy (non-hydrogen) atoms. The van der Waals surface area contributed by atoms with Gasteiger partial charge in [0.05, 0.1) is 12.3 Å². The van der Waals surface area contributed by atoms with Gasteiger partial charge in [0.25, 0.3) is 0 Å². The number of nitrogens with one attached hydrogen (secondary N) is 1. The van der Waals surface area contributed by atoms with Gasteiger partial charge in [-0.2, -0.15) is 0 Å². The molecule has 1 amide bonds. The molecule has 2 aliphatic carbocycles. The zero-order valence-electron chi connectivity index (χ0n) is 18.8. The lowest BCUT2D eigenvalue weighted by atomic mass is 9.84. The summed E-state index contributed by atoms with van der Waals surface area (Å²) >= 11 is 7.52. The second-order valence-corrected chi connectivity index (χ2v) is 10.7. The van der Waals surface area contributed by atoms with Crippen molar-refractivity contribution in [2.45, 2.75) is 50.4 Å². The molecule has 1 aromatic heterocycles. The Morgan fingerprint density at radius 3 is 2.61 bits per heavy atom. The van der Waals surface area contributed by atoms with Gasteiger partial charge in [-0.25, -0.2) is 0 Å². The van der Waals surface area contributed by atoms with Crippen LogP contribution < -0.4 is 5.32 Å². The molecule has 2 saturated carbocycles. The zero-order valence-corrected chi connectivity index (χ0v) is 20.4. The van der Waals surface area contributed by atoms with Gasteiger partial charge in [0.15, 0.2) is 11.0 Å². The van der Waals surface area contributed by atoms with Crippen molar-refractivity contribution in [2.75, 3.05) is 5.75 Å². The fraction of sp³-hybridized carbons (Fsp3) is 0.423. The number of aromatic nitrogens is 3. The summed E-state index contributed by atoms with van der Waals surface area (Å²) in [6, 6.07) is 18.1. The highest BCUT2D eigenvalue weighted by Gasteiger charge is 2.42. The van der Waals surface area contributed by atoms with E-state index in [2.05, 4.69) is 39.1 Å². The first kappa shape index (κ1) is 22.5. The van der Waals surface area contributed by atoms with Crippen LogP contribution in [0.3, 0.4) is 0 Å². The van der Waals surface area contributed by atoms with Gasteiger partial charge in [-0.3, -0.25) is 9.36 Å². The van der Waals surface area contributed by atoms with Crippen molar-refractivity contribution in [3.8, 4) is 11.4 Å². The first-order valence-corrected chi connectivity index (χ1v) is 13.1. The molecule has 0 unspecified atom stereocenters. The second kappa shape index (κ2) is 9.90. The molecule has 4 atom stereocenters. The largest absolute Gasteiger partial charge is 0.353 e. The summed E-state index contributed by atoms with van der Waals surface area (Å²) in [4.78, 5) is 12.8. The molecular weight excluding hydrogens is 452 g/mol. The lowest BCUT2D eigenvalue weighted by Crippen LogP contribution is -2.40. The first-order chi connectivity index (χ1) is 16.1. The molecule has 2 aliphatic rings. The summed E-state index contributed by atoms with van der Waals surface area (Å²) in [5, 5.41) is 13.6. The Balaban J connectivity index is 1.28. The van der Waals surface area contributed by atoms with Crippen LogP contribution in [-0.2, 0) is 11.3 Å². The van der Waals surface area contributed by atoms with E-state index in [0.717, 1.165) is 33.9 Å². The Hall–Kier alpha value is -2.31. The van der Waals surface area contributed by atoms with E-state index in [1.165, 1.54) is 37.4 Å². The van der Waals surface area contributed by atoms with Crippen molar-refractivity contribution in [1.82, 2.24) is 20.1 Å². The van der Waals surface area contributed by atoms with E-state index in [0.29, 0.717) is 23.2 Å². The highest BCUT2D eigenvalue weighted by Crippen LogP contribution is 2.49. The summed E-state index contributed by atoms with van der Waals surface area (Å²) in [5.41, 5.74) is 2.10. The second-order valence-electron chi connectivity index (χ2n) is 9.37. The van der Waals surface area contributed by atoms with Crippen molar-refractivity contribution in [1.29, 1.82) is 0 Å².